The average molecular weight is 268 g/mol. The Kier molecular flexibility index (Phi) is 3.82. The highest BCUT2D eigenvalue weighted by molar-refractivity contribution is 6.31. The summed E-state index contributed by atoms with van der Waals surface area (Å²) in [5, 5.41) is 3.54. The number of benzene rings is 2. The molecule has 0 aliphatic rings. The van der Waals surface area contributed by atoms with Crippen LogP contribution in [-0.2, 0) is 0 Å². The van der Waals surface area contributed by atoms with Crippen LogP contribution < -0.4 is 5.32 Å². The molecule has 0 aliphatic heterocycles. The molecule has 0 amide bonds. The van der Waals surface area contributed by atoms with E-state index in [0.29, 0.717) is 5.02 Å². The van der Waals surface area contributed by atoms with Crippen molar-refractivity contribution >= 4 is 17.3 Å². The molecule has 0 saturated carbocycles. The van der Waals surface area contributed by atoms with Gasteiger partial charge in [-0.2, -0.15) is 0 Å². The second kappa shape index (κ2) is 5.36. The van der Waals surface area contributed by atoms with E-state index in [-0.39, 0.29) is 17.7 Å². The van der Waals surface area contributed by atoms with Crippen LogP contribution in [0.2, 0.25) is 5.02 Å². The number of halogens is 3. The van der Waals surface area contributed by atoms with Crippen molar-refractivity contribution in [1.29, 1.82) is 0 Å². The van der Waals surface area contributed by atoms with Gasteiger partial charge in [0.05, 0.1) is 0 Å². The lowest BCUT2D eigenvalue weighted by molar-refractivity contribution is 0.626. The number of hydrogen-bond acceptors (Lipinski definition) is 1. The van der Waals surface area contributed by atoms with E-state index in [4.69, 9.17) is 11.6 Å². The molecule has 1 N–H and O–H groups in total. The zero-order valence-electron chi connectivity index (χ0n) is 9.75. The summed E-state index contributed by atoms with van der Waals surface area (Å²) in [7, 11) is 0. The van der Waals surface area contributed by atoms with Gasteiger partial charge < -0.3 is 5.32 Å². The van der Waals surface area contributed by atoms with Gasteiger partial charge in [0.15, 0.2) is 0 Å². The van der Waals surface area contributed by atoms with Crippen LogP contribution in [-0.4, -0.2) is 0 Å². The second-order valence-electron chi connectivity index (χ2n) is 4.04. The second-order valence-corrected chi connectivity index (χ2v) is 4.45. The molecule has 0 fully saturated rings. The molecule has 0 radical (unpaired) electrons. The predicted molar refractivity (Wildman–Crippen MR) is 69.8 cm³/mol. The first-order valence-electron chi connectivity index (χ1n) is 5.53. The third-order valence-electron chi connectivity index (χ3n) is 2.66. The molecular weight excluding hydrogens is 256 g/mol. The largest absolute Gasteiger partial charge is 0.378 e. The zero-order chi connectivity index (χ0) is 13.1. The molecular formula is C14H12ClF2N. The van der Waals surface area contributed by atoms with Gasteiger partial charge in [-0.3, -0.25) is 0 Å². The van der Waals surface area contributed by atoms with Gasteiger partial charge in [0, 0.05) is 16.8 Å². The Morgan fingerprint density at radius 2 is 1.61 bits per heavy atom. The minimum absolute atomic E-state index is 0.0939. The molecule has 0 heterocycles. The lowest BCUT2D eigenvalue weighted by atomic mass is 10.1. The van der Waals surface area contributed by atoms with Crippen LogP contribution in [0.3, 0.4) is 0 Å². The first kappa shape index (κ1) is 12.8. The molecule has 4 heteroatoms. The van der Waals surface area contributed by atoms with Gasteiger partial charge in [-0.05, 0) is 48.9 Å². The van der Waals surface area contributed by atoms with Crippen molar-refractivity contribution in [3.05, 3.63) is 64.7 Å². The van der Waals surface area contributed by atoms with E-state index in [1.165, 1.54) is 24.3 Å². The number of hydrogen-bond donors (Lipinski definition) is 1. The van der Waals surface area contributed by atoms with E-state index in [2.05, 4.69) is 5.32 Å². The molecule has 2 rings (SSSR count). The number of rotatable bonds is 3. The van der Waals surface area contributed by atoms with E-state index in [1.807, 2.05) is 6.92 Å². The summed E-state index contributed by atoms with van der Waals surface area (Å²) in [6.07, 6.45) is 0. The Morgan fingerprint density at radius 3 is 2.22 bits per heavy atom. The Hall–Kier alpha value is -1.61. The number of anilines is 1. The van der Waals surface area contributed by atoms with Gasteiger partial charge in [-0.25, -0.2) is 8.78 Å². The van der Waals surface area contributed by atoms with Crippen molar-refractivity contribution in [2.24, 2.45) is 0 Å². The maximum Gasteiger partial charge on any atom is 0.124 e. The zero-order valence-corrected chi connectivity index (χ0v) is 10.5. The standard InChI is InChI=1S/C14H12ClF2N/c1-9(13-7-4-11(17)8-14(13)15)18-12-5-2-10(16)3-6-12/h2-9,18H,1H3. The summed E-state index contributed by atoms with van der Waals surface area (Å²) in [5.41, 5.74) is 1.58. The summed E-state index contributed by atoms with van der Waals surface area (Å²) < 4.78 is 25.7. The van der Waals surface area contributed by atoms with Crippen molar-refractivity contribution in [3.63, 3.8) is 0 Å². The van der Waals surface area contributed by atoms with Gasteiger partial charge in [0.25, 0.3) is 0 Å². The Balaban J connectivity index is 2.16. The van der Waals surface area contributed by atoms with Crippen molar-refractivity contribution in [2.75, 3.05) is 5.32 Å². The van der Waals surface area contributed by atoms with Crippen LogP contribution in [0, 0.1) is 11.6 Å². The highest BCUT2D eigenvalue weighted by Gasteiger charge is 2.10. The highest BCUT2D eigenvalue weighted by Crippen LogP contribution is 2.26. The van der Waals surface area contributed by atoms with Gasteiger partial charge in [0.1, 0.15) is 11.6 Å². The molecule has 0 aliphatic carbocycles. The van der Waals surface area contributed by atoms with E-state index in [0.717, 1.165) is 11.3 Å². The fourth-order valence-electron chi connectivity index (χ4n) is 1.73. The first-order valence-corrected chi connectivity index (χ1v) is 5.91. The van der Waals surface area contributed by atoms with Crippen molar-refractivity contribution in [1.82, 2.24) is 0 Å². The van der Waals surface area contributed by atoms with E-state index in [9.17, 15) is 8.78 Å². The predicted octanol–water partition coefficient (Wildman–Crippen LogP) is 4.79. The van der Waals surface area contributed by atoms with Crippen LogP contribution >= 0.6 is 11.6 Å². The summed E-state index contributed by atoms with van der Waals surface area (Å²) in [4.78, 5) is 0. The Labute approximate surface area is 109 Å². The topological polar surface area (TPSA) is 12.0 Å². The molecule has 0 saturated heterocycles. The minimum atomic E-state index is -0.363. The fraction of sp³-hybridized carbons (Fsp3) is 0.143. The Bertz CT molecular complexity index is 540. The molecule has 1 nitrogen and oxygen atoms in total. The maximum atomic E-state index is 12.9. The van der Waals surface area contributed by atoms with Gasteiger partial charge >= 0.3 is 0 Å². The molecule has 18 heavy (non-hydrogen) atoms. The fourth-order valence-corrected chi connectivity index (χ4v) is 2.06. The molecule has 0 spiro atoms. The van der Waals surface area contributed by atoms with Gasteiger partial charge in [0.2, 0.25) is 0 Å². The highest BCUT2D eigenvalue weighted by atomic mass is 35.5. The SMILES string of the molecule is CC(Nc1ccc(F)cc1)c1ccc(F)cc1Cl. The van der Waals surface area contributed by atoms with E-state index >= 15 is 0 Å². The monoisotopic (exact) mass is 267 g/mol. The van der Waals surface area contributed by atoms with Crippen LogP contribution in [0.5, 0.6) is 0 Å². The third-order valence-corrected chi connectivity index (χ3v) is 2.98. The first-order chi connectivity index (χ1) is 8.56. The summed E-state index contributed by atoms with van der Waals surface area (Å²) in [6.45, 7) is 1.91. The van der Waals surface area contributed by atoms with E-state index < -0.39 is 0 Å². The molecule has 1 unspecified atom stereocenters. The molecule has 94 valence electrons. The Morgan fingerprint density at radius 1 is 1.00 bits per heavy atom. The molecule has 0 aromatic heterocycles. The van der Waals surface area contributed by atoms with Crippen LogP contribution in [0.4, 0.5) is 14.5 Å². The lowest BCUT2D eigenvalue weighted by Gasteiger charge is -2.17. The van der Waals surface area contributed by atoms with Crippen LogP contribution in [0.15, 0.2) is 42.5 Å². The maximum absolute atomic E-state index is 12.9. The smallest absolute Gasteiger partial charge is 0.124 e. The van der Waals surface area contributed by atoms with Crippen molar-refractivity contribution in [3.8, 4) is 0 Å². The van der Waals surface area contributed by atoms with Gasteiger partial charge in [-0.15, -0.1) is 0 Å². The normalized spacial score (nSPS) is 12.2. The third kappa shape index (κ3) is 2.99. The van der Waals surface area contributed by atoms with Crippen molar-refractivity contribution < 1.29 is 8.78 Å². The molecule has 2 aromatic carbocycles. The lowest BCUT2D eigenvalue weighted by Crippen LogP contribution is -2.07. The summed E-state index contributed by atoms with van der Waals surface area (Å²) >= 11 is 5.98. The molecule has 0 bridgehead atoms. The van der Waals surface area contributed by atoms with Crippen LogP contribution in [0.25, 0.3) is 0 Å². The van der Waals surface area contributed by atoms with E-state index in [1.54, 1.807) is 18.2 Å². The quantitative estimate of drug-likeness (QED) is 0.843. The molecule has 2 aromatic rings. The molecule has 1 atom stereocenters. The average Bonchev–Trinajstić information content (AvgIpc) is 2.32. The van der Waals surface area contributed by atoms with Crippen LogP contribution in [0.1, 0.15) is 18.5 Å². The number of nitrogens with one attached hydrogen (secondary N) is 1. The van der Waals surface area contributed by atoms with Crippen molar-refractivity contribution in [2.45, 2.75) is 13.0 Å². The summed E-state index contributed by atoms with van der Waals surface area (Å²) in [6, 6.07) is 10.2. The summed E-state index contributed by atoms with van der Waals surface area (Å²) in [5.74, 6) is -0.647. The minimum Gasteiger partial charge on any atom is -0.378 e. The van der Waals surface area contributed by atoms with Gasteiger partial charge in [-0.1, -0.05) is 17.7 Å².